The van der Waals surface area contributed by atoms with Crippen LogP contribution < -0.4 is 5.32 Å². The maximum absolute atomic E-state index is 3.54. The molecule has 0 spiro atoms. The predicted molar refractivity (Wildman–Crippen MR) is 83.9 cm³/mol. The van der Waals surface area contributed by atoms with Gasteiger partial charge in [0.25, 0.3) is 0 Å². The fraction of sp³-hybridized carbons (Fsp3) is 0.200. The lowest BCUT2D eigenvalue weighted by Crippen LogP contribution is -2.18. The van der Waals surface area contributed by atoms with Gasteiger partial charge in [0, 0.05) is 8.95 Å². The SMILES string of the molecule is CNC(c1ccc(Br)cc1)c1cc(Br)ccc1C. The van der Waals surface area contributed by atoms with Gasteiger partial charge >= 0.3 is 0 Å². The van der Waals surface area contributed by atoms with Crippen molar-refractivity contribution in [2.75, 3.05) is 7.05 Å². The van der Waals surface area contributed by atoms with Crippen molar-refractivity contribution in [2.45, 2.75) is 13.0 Å². The highest BCUT2D eigenvalue weighted by atomic mass is 79.9. The van der Waals surface area contributed by atoms with Crippen molar-refractivity contribution in [1.29, 1.82) is 0 Å². The Hall–Kier alpha value is -0.640. The van der Waals surface area contributed by atoms with E-state index in [2.05, 4.69) is 86.6 Å². The van der Waals surface area contributed by atoms with E-state index in [1.165, 1.54) is 16.7 Å². The summed E-state index contributed by atoms with van der Waals surface area (Å²) in [7, 11) is 1.99. The smallest absolute Gasteiger partial charge is 0.0577 e. The summed E-state index contributed by atoms with van der Waals surface area (Å²) in [6.07, 6.45) is 0. The molecule has 0 bridgehead atoms. The molecule has 3 heteroatoms. The van der Waals surface area contributed by atoms with Crippen molar-refractivity contribution >= 4 is 31.9 Å². The number of halogens is 2. The normalized spacial score (nSPS) is 12.4. The van der Waals surface area contributed by atoms with E-state index in [1.54, 1.807) is 0 Å². The van der Waals surface area contributed by atoms with Gasteiger partial charge in [0.1, 0.15) is 0 Å². The Balaban J connectivity index is 2.44. The van der Waals surface area contributed by atoms with Crippen molar-refractivity contribution in [3.63, 3.8) is 0 Å². The minimum absolute atomic E-state index is 0.218. The van der Waals surface area contributed by atoms with Crippen molar-refractivity contribution < 1.29 is 0 Å². The second kappa shape index (κ2) is 6.00. The van der Waals surface area contributed by atoms with Gasteiger partial charge in [-0.2, -0.15) is 0 Å². The summed E-state index contributed by atoms with van der Waals surface area (Å²) in [4.78, 5) is 0. The van der Waals surface area contributed by atoms with Gasteiger partial charge in [-0.3, -0.25) is 0 Å². The van der Waals surface area contributed by atoms with E-state index >= 15 is 0 Å². The third-order valence-electron chi connectivity index (χ3n) is 3.04. The van der Waals surface area contributed by atoms with Crippen LogP contribution in [0.25, 0.3) is 0 Å². The quantitative estimate of drug-likeness (QED) is 0.818. The second-order valence-corrected chi connectivity index (χ2v) is 6.11. The molecule has 0 saturated heterocycles. The molecule has 0 radical (unpaired) electrons. The largest absolute Gasteiger partial charge is 0.309 e. The van der Waals surface area contributed by atoms with Crippen LogP contribution in [0, 0.1) is 6.92 Å². The predicted octanol–water partition coefficient (Wildman–Crippen LogP) is 4.83. The van der Waals surface area contributed by atoms with Crippen molar-refractivity contribution in [1.82, 2.24) is 5.32 Å². The lowest BCUT2D eigenvalue weighted by atomic mass is 9.95. The first-order chi connectivity index (χ1) is 8.61. The summed E-state index contributed by atoms with van der Waals surface area (Å²) in [5, 5.41) is 3.39. The second-order valence-electron chi connectivity index (χ2n) is 4.27. The Kier molecular flexibility index (Phi) is 4.60. The molecule has 1 nitrogen and oxygen atoms in total. The first kappa shape index (κ1) is 13.8. The molecule has 0 aliphatic carbocycles. The maximum Gasteiger partial charge on any atom is 0.0577 e. The third kappa shape index (κ3) is 3.02. The van der Waals surface area contributed by atoms with Gasteiger partial charge in [-0.05, 0) is 54.9 Å². The van der Waals surface area contributed by atoms with E-state index in [-0.39, 0.29) is 6.04 Å². The van der Waals surface area contributed by atoms with Crippen LogP contribution in [0.15, 0.2) is 51.4 Å². The topological polar surface area (TPSA) is 12.0 Å². The molecular weight excluding hydrogens is 354 g/mol. The first-order valence-electron chi connectivity index (χ1n) is 5.80. The molecule has 2 aromatic rings. The number of nitrogens with one attached hydrogen (secondary N) is 1. The van der Waals surface area contributed by atoms with Crippen LogP contribution >= 0.6 is 31.9 Å². The van der Waals surface area contributed by atoms with E-state index in [0.717, 1.165) is 8.95 Å². The Morgan fingerprint density at radius 2 is 1.56 bits per heavy atom. The number of rotatable bonds is 3. The standard InChI is InChI=1S/C15H15Br2N/c1-10-3-6-13(17)9-14(10)15(18-2)11-4-7-12(16)8-5-11/h3-9,15,18H,1-2H3. The lowest BCUT2D eigenvalue weighted by Gasteiger charge is -2.20. The number of hydrogen-bond acceptors (Lipinski definition) is 1. The fourth-order valence-corrected chi connectivity index (χ4v) is 2.72. The number of benzene rings is 2. The molecule has 94 valence electrons. The molecule has 1 atom stereocenters. The van der Waals surface area contributed by atoms with E-state index in [4.69, 9.17) is 0 Å². The molecule has 0 aromatic heterocycles. The molecule has 0 aliphatic heterocycles. The van der Waals surface area contributed by atoms with Crippen LogP contribution in [0.4, 0.5) is 0 Å². The van der Waals surface area contributed by atoms with Crippen molar-refractivity contribution in [3.05, 3.63) is 68.1 Å². The van der Waals surface area contributed by atoms with Crippen molar-refractivity contribution in [3.8, 4) is 0 Å². The van der Waals surface area contributed by atoms with Crippen LogP contribution in [0.3, 0.4) is 0 Å². The van der Waals surface area contributed by atoms with Crippen LogP contribution in [0.1, 0.15) is 22.7 Å². The number of hydrogen-bond donors (Lipinski definition) is 1. The van der Waals surface area contributed by atoms with E-state index in [1.807, 2.05) is 7.05 Å². The third-order valence-corrected chi connectivity index (χ3v) is 4.07. The van der Waals surface area contributed by atoms with Crippen LogP contribution in [-0.4, -0.2) is 7.05 Å². The Bertz CT molecular complexity index is 535. The van der Waals surface area contributed by atoms with Gasteiger partial charge in [0.15, 0.2) is 0 Å². The van der Waals surface area contributed by atoms with E-state index in [9.17, 15) is 0 Å². The van der Waals surface area contributed by atoms with Crippen LogP contribution in [-0.2, 0) is 0 Å². The van der Waals surface area contributed by atoms with Gasteiger partial charge < -0.3 is 5.32 Å². The average molecular weight is 369 g/mol. The van der Waals surface area contributed by atoms with E-state index in [0.29, 0.717) is 0 Å². The molecule has 0 saturated carbocycles. The number of aryl methyl sites for hydroxylation is 1. The monoisotopic (exact) mass is 367 g/mol. The Morgan fingerprint density at radius 3 is 2.17 bits per heavy atom. The highest BCUT2D eigenvalue weighted by Gasteiger charge is 2.14. The van der Waals surface area contributed by atoms with E-state index < -0.39 is 0 Å². The summed E-state index contributed by atoms with van der Waals surface area (Å²) in [5.74, 6) is 0. The molecule has 0 aliphatic rings. The molecule has 1 unspecified atom stereocenters. The van der Waals surface area contributed by atoms with Gasteiger partial charge in [-0.25, -0.2) is 0 Å². The zero-order chi connectivity index (χ0) is 13.1. The van der Waals surface area contributed by atoms with Gasteiger partial charge in [-0.1, -0.05) is 50.1 Å². The molecule has 1 N–H and O–H groups in total. The van der Waals surface area contributed by atoms with Crippen LogP contribution in [0.2, 0.25) is 0 Å². The molecule has 0 heterocycles. The summed E-state index contributed by atoms with van der Waals surface area (Å²) in [6, 6.07) is 15.1. The maximum atomic E-state index is 3.54. The molecular formula is C15H15Br2N. The summed E-state index contributed by atoms with van der Waals surface area (Å²) >= 11 is 7.01. The summed E-state index contributed by atoms with van der Waals surface area (Å²) in [5.41, 5.74) is 3.86. The summed E-state index contributed by atoms with van der Waals surface area (Å²) < 4.78 is 2.22. The Labute approximate surface area is 125 Å². The summed E-state index contributed by atoms with van der Waals surface area (Å²) in [6.45, 7) is 2.14. The molecule has 18 heavy (non-hydrogen) atoms. The van der Waals surface area contributed by atoms with Crippen LogP contribution in [0.5, 0.6) is 0 Å². The first-order valence-corrected chi connectivity index (χ1v) is 7.39. The zero-order valence-electron chi connectivity index (χ0n) is 10.4. The molecule has 2 rings (SSSR count). The highest BCUT2D eigenvalue weighted by Crippen LogP contribution is 2.28. The average Bonchev–Trinajstić information content (AvgIpc) is 2.37. The lowest BCUT2D eigenvalue weighted by molar-refractivity contribution is 0.687. The zero-order valence-corrected chi connectivity index (χ0v) is 13.5. The van der Waals surface area contributed by atoms with Gasteiger partial charge in [-0.15, -0.1) is 0 Å². The van der Waals surface area contributed by atoms with Gasteiger partial charge in [0.05, 0.1) is 6.04 Å². The molecule has 0 fully saturated rings. The fourth-order valence-electron chi connectivity index (χ4n) is 2.08. The molecule has 0 amide bonds. The highest BCUT2D eigenvalue weighted by molar-refractivity contribution is 9.10. The minimum Gasteiger partial charge on any atom is -0.309 e. The molecule has 2 aromatic carbocycles. The minimum atomic E-state index is 0.218. The van der Waals surface area contributed by atoms with Gasteiger partial charge in [0.2, 0.25) is 0 Å². The Morgan fingerprint density at radius 1 is 0.944 bits per heavy atom. The van der Waals surface area contributed by atoms with Crippen molar-refractivity contribution in [2.24, 2.45) is 0 Å².